The third-order valence-corrected chi connectivity index (χ3v) is 2.97. The van der Waals surface area contributed by atoms with Crippen LogP contribution in [-0.4, -0.2) is 37.2 Å². The predicted octanol–water partition coefficient (Wildman–Crippen LogP) is 1.67. The van der Waals surface area contributed by atoms with Crippen molar-refractivity contribution in [1.29, 1.82) is 0 Å². The Labute approximate surface area is 91.0 Å². The van der Waals surface area contributed by atoms with Gasteiger partial charge >= 0.3 is 5.97 Å². The second kappa shape index (κ2) is 9.34. The fraction of sp³-hybridized carbons (Fsp3) is 0.900. The van der Waals surface area contributed by atoms with Crippen molar-refractivity contribution in [3.05, 3.63) is 0 Å². The highest BCUT2D eigenvalue weighted by Crippen LogP contribution is 2.07. The molecule has 0 aliphatic rings. The molecule has 0 radical (unpaired) electrons. The second-order valence-corrected chi connectivity index (χ2v) is 4.12. The molecule has 84 valence electrons. The van der Waals surface area contributed by atoms with Crippen LogP contribution in [0.25, 0.3) is 0 Å². The Bertz CT molecular complexity index is 153. The van der Waals surface area contributed by atoms with Crippen LogP contribution in [0.3, 0.4) is 0 Å². The SMILES string of the molecule is CCCC(CSCC(=O)OCC)NC. The van der Waals surface area contributed by atoms with Crippen LogP contribution < -0.4 is 5.32 Å². The molecule has 0 aliphatic heterocycles. The monoisotopic (exact) mass is 219 g/mol. The van der Waals surface area contributed by atoms with Crippen LogP contribution in [-0.2, 0) is 9.53 Å². The Hall–Kier alpha value is -0.220. The van der Waals surface area contributed by atoms with Gasteiger partial charge in [0.1, 0.15) is 0 Å². The summed E-state index contributed by atoms with van der Waals surface area (Å²) < 4.78 is 4.84. The predicted molar refractivity (Wildman–Crippen MR) is 61.7 cm³/mol. The molecule has 0 aromatic carbocycles. The van der Waals surface area contributed by atoms with Crippen molar-refractivity contribution in [2.24, 2.45) is 0 Å². The maximum atomic E-state index is 11.0. The van der Waals surface area contributed by atoms with Gasteiger partial charge in [0.25, 0.3) is 0 Å². The summed E-state index contributed by atoms with van der Waals surface area (Å²) in [5, 5.41) is 3.24. The van der Waals surface area contributed by atoms with Crippen molar-refractivity contribution >= 4 is 17.7 Å². The van der Waals surface area contributed by atoms with Gasteiger partial charge in [-0.25, -0.2) is 0 Å². The van der Waals surface area contributed by atoms with E-state index in [2.05, 4.69) is 12.2 Å². The highest BCUT2D eigenvalue weighted by atomic mass is 32.2. The molecule has 1 atom stereocenters. The zero-order valence-electron chi connectivity index (χ0n) is 9.34. The fourth-order valence-electron chi connectivity index (χ4n) is 1.15. The first-order chi connectivity index (χ1) is 6.74. The molecular formula is C10H21NO2S. The van der Waals surface area contributed by atoms with E-state index in [1.807, 2.05) is 14.0 Å². The Morgan fingerprint density at radius 2 is 2.21 bits per heavy atom. The van der Waals surface area contributed by atoms with Crippen LogP contribution in [0, 0.1) is 0 Å². The van der Waals surface area contributed by atoms with Crippen LogP contribution in [0.15, 0.2) is 0 Å². The lowest BCUT2D eigenvalue weighted by Gasteiger charge is -2.13. The third-order valence-electron chi connectivity index (χ3n) is 1.89. The molecule has 1 N–H and O–H groups in total. The summed E-state index contributed by atoms with van der Waals surface area (Å²) >= 11 is 1.64. The first-order valence-electron chi connectivity index (χ1n) is 5.15. The van der Waals surface area contributed by atoms with Crippen LogP contribution in [0.1, 0.15) is 26.7 Å². The molecule has 3 nitrogen and oxygen atoms in total. The topological polar surface area (TPSA) is 38.3 Å². The molecule has 4 heteroatoms. The lowest BCUT2D eigenvalue weighted by molar-refractivity contribution is -0.139. The molecule has 0 aromatic heterocycles. The number of ether oxygens (including phenoxy) is 1. The van der Waals surface area contributed by atoms with Gasteiger partial charge in [-0.2, -0.15) is 0 Å². The van der Waals surface area contributed by atoms with Gasteiger partial charge < -0.3 is 10.1 Å². The van der Waals surface area contributed by atoms with Gasteiger partial charge in [-0.3, -0.25) is 4.79 Å². The zero-order valence-corrected chi connectivity index (χ0v) is 10.2. The lowest BCUT2D eigenvalue weighted by atomic mass is 10.2. The van der Waals surface area contributed by atoms with Crippen LogP contribution in [0.4, 0.5) is 0 Å². The molecule has 1 unspecified atom stereocenters. The Morgan fingerprint density at radius 3 is 2.71 bits per heavy atom. The Morgan fingerprint density at radius 1 is 1.50 bits per heavy atom. The molecule has 0 fully saturated rings. The quantitative estimate of drug-likeness (QED) is 0.630. The van der Waals surface area contributed by atoms with Gasteiger partial charge in [0.2, 0.25) is 0 Å². The molecule has 0 heterocycles. The summed E-state index contributed by atoms with van der Waals surface area (Å²) in [5.41, 5.74) is 0. The van der Waals surface area contributed by atoms with E-state index in [1.165, 1.54) is 6.42 Å². The van der Waals surface area contributed by atoms with Gasteiger partial charge in [0.15, 0.2) is 0 Å². The Kier molecular flexibility index (Phi) is 9.19. The Balaban J connectivity index is 3.45. The number of esters is 1. The van der Waals surface area contributed by atoms with E-state index in [0.29, 0.717) is 18.4 Å². The van der Waals surface area contributed by atoms with Crippen molar-refractivity contribution in [1.82, 2.24) is 5.32 Å². The summed E-state index contributed by atoms with van der Waals surface area (Å²) in [7, 11) is 1.96. The third kappa shape index (κ3) is 7.21. The van der Waals surface area contributed by atoms with Gasteiger partial charge in [0, 0.05) is 11.8 Å². The summed E-state index contributed by atoms with van der Waals surface area (Å²) in [5.74, 6) is 1.34. The zero-order chi connectivity index (χ0) is 10.8. The standard InChI is InChI=1S/C10H21NO2S/c1-4-6-9(11-3)7-14-8-10(12)13-5-2/h9,11H,4-8H2,1-3H3. The molecule has 0 saturated carbocycles. The molecule has 0 spiro atoms. The largest absolute Gasteiger partial charge is 0.465 e. The maximum Gasteiger partial charge on any atom is 0.315 e. The average molecular weight is 219 g/mol. The minimum Gasteiger partial charge on any atom is -0.465 e. The molecule has 0 rings (SSSR count). The maximum absolute atomic E-state index is 11.0. The highest BCUT2D eigenvalue weighted by Gasteiger charge is 2.07. The van der Waals surface area contributed by atoms with Crippen molar-refractivity contribution in [2.75, 3.05) is 25.2 Å². The number of hydrogen-bond donors (Lipinski definition) is 1. The molecule has 0 aliphatic carbocycles. The van der Waals surface area contributed by atoms with Gasteiger partial charge in [-0.1, -0.05) is 13.3 Å². The van der Waals surface area contributed by atoms with E-state index in [0.717, 1.165) is 12.2 Å². The van der Waals surface area contributed by atoms with Crippen LogP contribution in [0.5, 0.6) is 0 Å². The summed E-state index contributed by atoms with van der Waals surface area (Å²) in [6.07, 6.45) is 2.33. The number of thioether (sulfide) groups is 1. The number of carbonyl (C=O) groups is 1. The minimum atomic E-state index is -0.108. The van der Waals surface area contributed by atoms with Crippen molar-refractivity contribution < 1.29 is 9.53 Å². The number of hydrogen-bond acceptors (Lipinski definition) is 4. The molecule has 0 amide bonds. The molecule has 0 aromatic rings. The van der Waals surface area contributed by atoms with E-state index >= 15 is 0 Å². The van der Waals surface area contributed by atoms with Gasteiger partial charge in [-0.15, -0.1) is 11.8 Å². The lowest BCUT2D eigenvalue weighted by Crippen LogP contribution is -2.27. The summed E-state index contributed by atoms with van der Waals surface area (Å²) in [6.45, 7) is 4.47. The van der Waals surface area contributed by atoms with Crippen molar-refractivity contribution in [3.8, 4) is 0 Å². The van der Waals surface area contributed by atoms with Gasteiger partial charge in [0.05, 0.1) is 12.4 Å². The van der Waals surface area contributed by atoms with E-state index in [4.69, 9.17) is 4.74 Å². The molecular weight excluding hydrogens is 198 g/mol. The first kappa shape index (κ1) is 13.8. The van der Waals surface area contributed by atoms with Crippen LogP contribution >= 0.6 is 11.8 Å². The average Bonchev–Trinajstić information content (AvgIpc) is 2.17. The van der Waals surface area contributed by atoms with Gasteiger partial charge in [-0.05, 0) is 20.4 Å². The van der Waals surface area contributed by atoms with Crippen LogP contribution in [0.2, 0.25) is 0 Å². The fourth-order valence-corrected chi connectivity index (χ4v) is 2.13. The van der Waals surface area contributed by atoms with E-state index < -0.39 is 0 Å². The number of rotatable bonds is 8. The number of carbonyl (C=O) groups excluding carboxylic acids is 1. The smallest absolute Gasteiger partial charge is 0.315 e. The first-order valence-corrected chi connectivity index (χ1v) is 6.30. The van der Waals surface area contributed by atoms with E-state index in [1.54, 1.807) is 11.8 Å². The van der Waals surface area contributed by atoms with Crippen molar-refractivity contribution in [2.45, 2.75) is 32.7 Å². The normalized spacial score (nSPS) is 12.5. The summed E-state index contributed by atoms with van der Waals surface area (Å²) in [6, 6.07) is 0.513. The second-order valence-electron chi connectivity index (χ2n) is 3.09. The van der Waals surface area contributed by atoms with E-state index in [9.17, 15) is 4.79 Å². The number of nitrogens with one attached hydrogen (secondary N) is 1. The summed E-state index contributed by atoms with van der Waals surface area (Å²) in [4.78, 5) is 11.0. The highest BCUT2D eigenvalue weighted by molar-refractivity contribution is 7.99. The molecule has 0 bridgehead atoms. The molecule has 14 heavy (non-hydrogen) atoms. The molecule has 0 saturated heterocycles. The minimum absolute atomic E-state index is 0.108. The van der Waals surface area contributed by atoms with Crippen molar-refractivity contribution in [3.63, 3.8) is 0 Å². The van der Waals surface area contributed by atoms with E-state index in [-0.39, 0.29) is 5.97 Å².